The molecule has 182 valence electrons. The summed E-state index contributed by atoms with van der Waals surface area (Å²) in [6, 6.07) is 13.5. The molecule has 1 fully saturated rings. The van der Waals surface area contributed by atoms with Crippen LogP contribution in [0.15, 0.2) is 59.8 Å². The predicted octanol–water partition coefficient (Wildman–Crippen LogP) is 3.38. The molecule has 8 heteroatoms. The van der Waals surface area contributed by atoms with Crippen LogP contribution in [0.1, 0.15) is 28.1 Å². The number of morpholine rings is 1. The average molecular weight is 483 g/mol. The molecule has 1 aromatic heterocycles. The molecule has 1 aliphatic heterocycles. The van der Waals surface area contributed by atoms with Crippen LogP contribution in [0.4, 0.5) is 0 Å². The van der Waals surface area contributed by atoms with E-state index in [2.05, 4.69) is 41.9 Å². The van der Waals surface area contributed by atoms with Gasteiger partial charge < -0.3 is 9.30 Å². The Morgan fingerprint density at radius 3 is 2.44 bits per heavy atom. The Hall–Kier alpha value is -2.52. The van der Waals surface area contributed by atoms with Crippen LogP contribution in [0.5, 0.6) is 0 Å². The summed E-state index contributed by atoms with van der Waals surface area (Å²) in [7, 11) is -3.68. The van der Waals surface area contributed by atoms with Gasteiger partial charge >= 0.3 is 0 Å². The molecule has 0 bridgehead atoms. The van der Waals surface area contributed by atoms with Crippen LogP contribution >= 0.6 is 0 Å². The Morgan fingerprint density at radius 1 is 1.00 bits per heavy atom. The van der Waals surface area contributed by atoms with Gasteiger partial charge in [0.2, 0.25) is 10.0 Å². The molecule has 0 unspecified atom stereocenters. The van der Waals surface area contributed by atoms with E-state index in [0.29, 0.717) is 37.7 Å². The SMILES string of the molecule is Cc1ccc(S(=O)(=O)N(CCN2CCOCC2)Cc2nccn2Cc2cc(C)ccc2C)cc1. The topological polar surface area (TPSA) is 67.7 Å². The number of rotatable bonds is 9. The minimum absolute atomic E-state index is 0.221. The first-order chi connectivity index (χ1) is 16.3. The largest absolute Gasteiger partial charge is 0.379 e. The van der Waals surface area contributed by atoms with Crippen molar-refractivity contribution in [2.24, 2.45) is 0 Å². The minimum Gasteiger partial charge on any atom is -0.379 e. The number of aryl methyl sites for hydroxylation is 3. The molecular weight excluding hydrogens is 448 g/mol. The molecule has 7 nitrogen and oxygen atoms in total. The van der Waals surface area contributed by atoms with Crippen LogP contribution < -0.4 is 0 Å². The Labute approximate surface area is 203 Å². The zero-order valence-electron chi connectivity index (χ0n) is 20.3. The van der Waals surface area contributed by atoms with E-state index in [4.69, 9.17) is 4.74 Å². The summed E-state index contributed by atoms with van der Waals surface area (Å²) in [5, 5.41) is 0. The van der Waals surface area contributed by atoms with Gasteiger partial charge in [0, 0.05) is 45.1 Å². The fraction of sp³-hybridized carbons (Fsp3) is 0.423. The van der Waals surface area contributed by atoms with Crippen LogP contribution in [0.3, 0.4) is 0 Å². The Kier molecular flexibility index (Phi) is 7.83. The second kappa shape index (κ2) is 10.8. The Balaban J connectivity index is 1.59. The highest BCUT2D eigenvalue weighted by Gasteiger charge is 2.27. The first-order valence-electron chi connectivity index (χ1n) is 11.8. The average Bonchev–Trinajstić information content (AvgIpc) is 3.26. The van der Waals surface area contributed by atoms with Crippen molar-refractivity contribution in [2.45, 2.75) is 38.8 Å². The maximum absolute atomic E-state index is 13.7. The first kappa shape index (κ1) is 24.6. The molecule has 0 aliphatic carbocycles. The molecule has 1 aliphatic rings. The zero-order valence-corrected chi connectivity index (χ0v) is 21.1. The Morgan fingerprint density at radius 2 is 1.71 bits per heavy atom. The summed E-state index contributed by atoms with van der Waals surface area (Å²) in [5.41, 5.74) is 4.65. The summed E-state index contributed by atoms with van der Waals surface area (Å²) in [6.07, 6.45) is 3.68. The third-order valence-electron chi connectivity index (χ3n) is 6.39. The second-order valence-corrected chi connectivity index (χ2v) is 10.9. The number of benzene rings is 2. The normalized spacial score (nSPS) is 15.2. The number of ether oxygens (including phenoxy) is 1. The summed E-state index contributed by atoms with van der Waals surface area (Å²) in [6.45, 7) is 11.1. The van der Waals surface area contributed by atoms with Crippen molar-refractivity contribution in [3.8, 4) is 0 Å². The van der Waals surface area contributed by atoms with Crippen molar-refractivity contribution in [3.05, 3.63) is 82.9 Å². The molecule has 0 amide bonds. The van der Waals surface area contributed by atoms with Crippen molar-refractivity contribution >= 4 is 10.0 Å². The van der Waals surface area contributed by atoms with E-state index in [0.717, 1.165) is 24.5 Å². The van der Waals surface area contributed by atoms with Crippen molar-refractivity contribution in [1.29, 1.82) is 0 Å². The highest BCUT2D eigenvalue weighted by molar-refractivity contribution is 7.89. The second-order valence-electron chi connectivity index (χ2n) is 9.01. The van der Waals surface area contributed by atoms with Crippen molar-refractivity contribution in [3.63, 3.8) is 0 Å². The molecule has 34 heavy (non-hydrogen) atoms. The Bertz CT molecular complexity index is 1200. The van der Waals surface area contributed by atoms with E-state index in [1.807, 2.05) is 29.8 Å². The van der Waals surface area contributed by atoms with Gasteiger partial charge in [-0.25, -0.2) is 13.4 Å². The lowest BCUT2D eigenvalue weighted by atomic mass is 10.1. The molecule has 2 heterocycles. The van der Waals surface area contributed by atoms with E-state index >= 15 is 0 Å². The van der Waals surface area contributed by atoms with Crippen LogP contribution in [-0.4, -0.2) is 66.6 Å². The molecule has 0 N–H and O–H groups in total. The smallest absolute Gasteiger partial charge is 0.243 e. The molecule has 4 rings (SSSR count). The number of nitrogens with zero attached hydrogens (tertiary/aromatic N) is 4. The van der Waals surface area contributed by atoms with E-state index in [1.54, 1.807) is 22.6 Å². The van der Waals surface area contributed by atoms with Gasteiger partial charge in [0.15, 0.2) is 0 Å². The van der Waals surface area contributed by atoms with Crippen LogP contribution in [0.25, 0.3) is 0 Å². The fourth-order valence-corrected chi connectivity index (χ4v) is 5.55. The van der Waals surface area contributed by atoms with Crippen LogP contribution in [0.2, 0.25) is 0 Å². The summed E-state index contributed by atoms with van der Waals surface area (Å²) in [5.74, 6) is 0.735. The highest BCUT2D eigenvalue weighted by Crippen LogP contribution is 2.20. The molecule has 1 saturated heterocycles. The van der Waals surface area contributed by atoms with Gasteiger partial charge in [0.05, 0.1) is 24.7 Å². The van der Waals surface area contributed by atoms with Crippen LogP contribution in [0, 0.1) is 20.8 Å². The lowest BCUT2D eigenvalue weighted by molar-refractivity contribution is 0.0360. The van der Waals surface area contributed by atoms with Crippen molar-refractivity contribution in [1.82, 2.24) is 18.8 Å². The van der Waals surface area contributed by atoms with Crippen LogP contribution in [-0.2, 0) is 27.8 Å². The maximum Gasteiger partial charge on any atom is 0.243 e. The van der Waals surface area contributed by atoms with E-state index in [9.17, 15) is 8.42 Å². The van der Waals surface area contributed by atoms with E-state index in [1.165, 1.54) is 16.7 Å². The maximum atomic E-state index is 13.7. The molecular formula is C26H34N4O3S. The molecule has 0 spiro atoms. The lowest BCUT2D eigenvalue weighted by Crippen LogP contribution is -2.43. The van der Waals surface area contributed by atoms with Gasteiger partial charge in [-0.1, -0.05) is 41.5 Å². The summed E-state index contributed by atoms with van der Waals surface area (Å²) < 4.78 is 36.4. The predicted molar refractivity (Wildman–Crippen MR) is 133 cm³/mol. The van der Waals surface area contributed by atoms with Gasteiger partial charge in [0.1, 0.15) is 5.82 Å². The first-order valence-corrected chi connectivity index (χ1v) is 13.2. The quantitative estimate of drug-likeness (QED) is 0.468. The highest BCUT2D eigenvalue weighted by atomic mass is 32.2. The molecule has 0 saturated carbocycles. The number of imidazole rings is 1. The van der Waals surface area contributed by atoms with Gasteiger partial charge in [0.25, 0.3) is 0 Å². The fourth-order valence-electron chi connectivity index (χ4n) is 4.17. The molecule has 3 aromatic rings. The summed E-state index contributed by atoms with van der Waals surface area (Å²) >= 11 is 0. The number of hydrogen-bond acceptors (Lipinski definition) is 5. The number of aromatic nitrogens is 2. The van der Waals surface area contributed by atoms with Crippen molar-refractivity contribution in [2.75, 3.05) is 39.4 Å². The monoisotopic (exact) mass is 482 g/mol. The number of sulfonamides is 1. The third-order valence-corrected chi connectivity index (χ3v) is 8.25. The zero-order chi connectivity index (χ0) is 24.1. The molecule has 0 radical (unpaired) electrons. The van der Waals surface area contributed by atoms with Crippen molar-refractivity contribution < 1.29 is 13.2 Å². The van der Waals surface area contributed by atoms with E-state index in [-0.39, 0.29) is 6.54 Å². The number of hydrogen-bond donors (Lipinski definition) is 0. The third kappa shape index (κ3) is 5.93. The molecule has 0 atom stereocenters. The summed E-state index contributed by atoms with van der Waals surface area (Å²) in [4.78, 5) is 7.11. The molecule has 2 aromatic carbocycles. The van der Waals surface area contributed by atoms with Gasteiger partial charge in [-0.05, 0) is 44.0 Å². The van der Waals surface area contributed by atoms with Gasteiger partial charge in [-0.2, -0.15) is 4.31 Å². The standard InChI is InChI=1S/C26H34N4O3S/c1-21-5-8-25(9-6-21)34(31,32)30(13-12-28-14-16-33-17-15-28)20-26-27-10-11-29(26)19-24-18-22(2)4-7-23(24)3/h4-11,18H,12-17,19-20H2,1-3H3. The van der Waals surface area contributed by atoms with E-state index < -0.39 is 10.0 Å². The van der Waals surface area contributed by atoms with Gasteiger partial charge in [-0.15, -0.1) is 0 Å². The van der Waals surface area contributed by atoms with Gasteiger partial charge in [-0.3, -0.25) is 4.90 Å². The minimum atomic E-state index is -3.68. The lowest BCUT2D eigenvalue weighted by Gasteiger charge is -2.29.